The molecule has 1 amide bonds. The highest BCUT2D eigenvalue weighted by atomic mass is 16.7. The fourth-order valence-electron chi connectivity index (χ4n) is 2.57. The lowest BCUT2D eigenvalue weighted by Gasteiger charge is -2.14. The predicted octanol–water partition coefficient (Wildman–Crippen LogP) is 1.18. The third-order valence-electron chi connectivity index (χ3n) is 3.74. The molecule has 114 valence electrons. The van der Waals surface area contributed by atoms with Crippen LogP contribution in [0.25, 0.3) is 0 Å². The number of benzene rings is 1. The Kier molecular flexibility index (Phi) is 4.50. The zero-order chi connectivity index (χ0) is 14.7. The smallest absolute Gasteiger partial charge is 0.253 e. The van der Waals surface area contributed by atoms with E-state index in [0.29, 0.717) is 19.8 Å². The van der Waals surface area contributed by atoms with Crippen molar-refractivity contribution >= 4 is 11.6 Å². The summed E-state index contributed by atoms with van der Waals surface area (Å²) < 4.78 is 16.4. The van der Waals surface area contributed by atoms with E-state index in [1.54, 1.807) is 0 Å². The van der Waals surface area contributed by atoms with Crippen LogP contribution in [-0.4, -0.2) is 37.9 Å². The van der Waals surface area contributed by atoms with E-state index in [2.05, 4.69) is 5.32 Å². The minimum atomic E-state index is -0.403. The van der Waals surface area contributed by atoms with Crippen molar-refractivity contribution in [2.24, 2.45) is 5.73 Å². The number of rotatable bonds is 4. The summed E-state index contributed by atoms with van der Waals surface area (Å²) in [5.41, 5.74) is 7.23. The minimum Gasteiger partial charge on any atom is -0.364 e. The zero-order valence-electron chi connectivity index (χ0n) is 11.8. The van der Waals surface area contributed by atoms with Gasteiger partial charge in [0.15, 0.2) is 6.29 Å². The van der Waals surface area contributed by atoms with E-state index < -0.39 is 6.10 Å². The van der Waals surface area contributed by atoms with Gasteiger partial charge in [-0.3, -0.25) is 4.79 Å². The summed E-state index contributed by atoms with van der Waals surface area (Å²) in [6.07, 6.45) is 0.858. The molecule has 2 aliphatic rings. The van der Waals surface area contributed by atoms with Crippen LogP contribution in [0.2, 0.25) is 0 Å². The second-order valence-electron chi connectivity index (χ2n) is 5.24. The van der Waals surface area contributed by atoms with E-state index in [0.717, 1.165) is 24.1 Å². The summed E-state index contributed by atoms with van der Waals surface area (Å²) in [5, 5.41) is 2.86. The van der Waals surface area contributed by atoms with Crippen LogP contribution in [0.5, 0.6) is 0 Å². The molecule has 3 N–H and O–H groups in total. The van der Waals surface area contributed by atoms with E-state index in [1.807, 2.05) is 24.3 Å². The first kappa shape index (κ1) is 14.5. The van der Waals surface area contributed by atoms with Crippen LogP contribution in [0.1, 0.15) is 24.7 Å². The van der Waals surface area contributed by atoms with Crippen molar-refractivity contribution < 1.29 is 19.0 Å². The third-order valence-corrected chi connectivity index (χ3v) is 3.74. The topological polar surface area (TPSA) is 82.8 Å². The lowest BCUT2D eigenvalue weighted by molar-refractivity contribution is -0.126. The van der Waals surface area contributed by atoms with Crippen LogP contribution in [0.4, 0.5) is 5.69 Å². The van der Waals surface area contributed by atoms with Crippen LogP contribution in [0.15, 0.2) is 24.3 Å². The molecule has 0 aliphatic carbocycles. The van der Waals surface area contributed by atoms with Crippen LogP contribution >= 0.6 is 0 Å². The van der Waals surface area contributed by atoms with Crippen LogP contribution in [0, 0.1) is 0 Å². The van der Waals surface area contributed by atoms with Crippen molar-refractivity contribution in [3.05, 3.63) is 29.8 Å². The molecular weight excluding hydrogens is 272 g/mol. The van der Waals surface area contributed by atoms with E-state index in [4.69, 9.17) is 19.9 Å². The molecule has 2 unspecified atom stereocenters. The molecule has 3 rings (SSSR count). The molecular formula is C15H20N2O4. The molecule has 6 heteroatoms. The molecule has 2 atom stereocenters. The van der Waals surface area contributed by atoms with Crippen molar-refractivity contribution in [2.45, 2.75) is 31.3 Å². The number of carbonyl (C=O) groups is 1. The highest BCUT2D eigenvalue weighted by molar-refractivity contribution is 5.94. The quantitative estimate of drug-likeness (QED) is 0.870. The number of ether oxygens (including phenoxy) is 3. The normalized spacial score (nSPS) is 26.1. The Morgan fingerprint density at radius 3 is 2.52 bits per heavy atom. The van der Waals surface area contributed by atoms with Crippen molar-refractivity contribution in [1.29, 1.82) is 0 Å². The standard InChI is InChI=1S/C15H20N2O4/c16-9-12-5-6-13(21-12)14(18)17-11-3-1-10(2-4-11)15-19-7-8-20-15/h1-4,12-13,15H,5-9,16H2,(H,17,18). The molecule has 0 saturated carbocycles. The van der Waals surface area contributed by atoms with Crippen LogP contribution < -0.4 is 11.1 Å². The van der Waals surface area contributed by atoms with Gasteiger partial charge in [-0.2, -0.15) is 0 Å². The van der Waals surface area contributed by atoms with Gasteiger partial charge in [-0.25, -0.2) is 0 Å². The molecule has 2 saturated heterocycles. The van der Waals surface area contributed by atoms with Crippen molar-refractivity contribution in [2.75, 3.05) is 25.1 Å². The Morgan fingerprint density at radius 2 is 1.90 bits per heavy atom. The molecule has 0 bridgehead atoms. The van der Waals surface area contributed by atoms with E-state index in [1.165, 1.54) is 0 Å². The van der Waals surface area contributed by atoms with Gasteiger partial charge in [0.1, 0.15) is 6.10 Å². The van der Waals surface area contributed by atoms with E-state index >= 15 is 0 Å². The first-order valence-electron chi connectivity index (χ1n) is 7.26. The van der Waals surface area contributed by atoms with Crippen molar-refractivity contribution in [1.82, 2.24) is 0 Å². The predicted molar refractivity (Wildman–Crippen MR) is 76.7 cm³/mol. The highest BCUT2D eigenvalue weighted by Crippen LogP contribution is 2.25. The van der Waals surface area contributed by atoms with Crippen molar-refractivity contribution in [3.8, 4) is 0 Å². The Labute approximate surface area is 123 Å². The lowest BCUT2D eigenvalue weighted by Crippen LogP contribution is -2.29. The number of hydrogen-bond donors (Lipinski definition) is 2. The Bertz CT molecular complexity index is 485. The first-order valence-corrected chi connectivity index (χ1v) is 7.26. The van der Waals surface area contributed by atoms with Gasteiger partial charge in [-0.1, -0.05) is 12.1 Å². The molecule has 1 aromatic carbocycles. The second kappa shape index (κ2) is 6.53. The average Bonchev–Trinajstić information content (AvgIpc) is 3.19. The summed E-state index contributed by atoms with van der Waals surface area (Å²) in [6.45, 7) is 1.69. The molecule has 21 heavy (non-hydrogen) atoms. The molecule has 2 heterocycles. The number of anilines is 1. The summed E-state index contributed by atoms with van der Waals surface area (Å²) in [5.74, 6) is -0.118. The van der Waals surface area contributed by atoms with E-state index in [9.17, 15) is 4.79 Å². The van der Waals surface area contributed by atoms with Crippen LogP contribution in [-0.2, 0) is 19.0 Å². The van der Waals surface area contributed by atoms with Gasteiger partial charge in [0.05, 0.1) is 19.3 Å². The van der Waals surface area contributed by atoms with Gasteiger partial charge < -0.3 is 25.3 Å². The molecule has 0 spiro atoms. The van der Waals surface area contributed by atoms with Gasteiger partial charge in [-0.15, -0.1) is 0 Å². The second-order valence-corrected chi connectivity index (χ2v) is 5.24. The van der Waals surface area contributed by atoms with Gasteiger partial charge in [0, 0.05) is 17.8 Å². The van der Waals surface area contributed by atoms with Crippen molar-refractivity contribution in [3.63, 3.8) is 0 Å². The maximum Gasteiger partial charge on any atom is 0.253 e. The maximum absolute atomic E-state index is 12.1. The first-order chi connectivity index (χ1) is 10.3. The van der Waals surface area contributed by atoms with Gasteiger partial charge in [0.2, 0.25) is 0 Å². The molecule has 1 aromatic rings. The van der Waals surface area contributed by atoms with Crippen LogP contribution in [0.3, 0.4) is 0 Å². The fraction of sp³-hybridized carbons (Fsp3) is 0.533. The Hall–Kier alpha value is -1.47. The maximum atomic E-state index is 12.1. The summed E-state index contributed by atoms with van der Waals surface area (Å²) in [7, 11) is 0. The SMILES string of the molecule is NCC1CCC(C(=O)Nc2ccc(C3OCCO3)cc2)O1. The fourth-order valence-corrected chi connectivity index (χ4v) is 2.57. The highest BCUT2D eigenvalue weighted by Gasteiger charge is 2.29. The lowest BCUT2D eigenvalue weighted by atomic mass is 10.1. The molecule has 2 aliphatic heterocycles. The Morgan fingerprint density at radius 1 is 1.19 bits per heavy atom. The molecule has 0 radical (unpaired) electrons. The minimum absolute atomic E-state index is 0.000194. The summed E-state index contributed by atoms with van der Waals surface area (Å²) in [6, 6.07) is 7.47. The number of carbonyl (C=O) groups excluding carboxylic acids is 1. The number of hydrogen-bond acceptors (Lipinski definition) is 5. The number of nitrogens with two attached hydrogens (primary N) is 1. The van der Waals surface area contributed by atoms with Gasteiger partial charge in [0.25, 0.3) is 5.91 Å². The average molecular weight is 292 g/mol. The molecule has 6 nitrogen and oxygen atoms in total. The number of nitrogens with one attached hydrogen (secondary N) is 1. The largest absolute Gasteiger partial charge is 0.364 e. The zero-order valence-corrected chi connectivity index (χ0v) is 11.8. The summed E-state index contributed by atoms with van der Waals surface area (Å²) >= 11 is 0. The van der Waals surface area contributed by atoms with Gasteiger partial charge >= 0.3 is 0 Å². The number of amides is 1. The molecule has 0 aromatic heterocycles. The molecule has 2 fully saturated rings. The van der Waals surface area contributed by atoms with Gasteiger partial charge in [-0.05, 0) is 25.0 Å². The monoisotopic (exact) mass is 292 g/mol. The Balaban J connectivity index is 1.56. The third kappa shape index (κ3) is 3.41. The summed E-state index contributed by atoms with van der Waals surface area (Å²) in [4.78, 5) is 12.1. The van der Waals surface area contributed by atoms with E-state index in [-0.39, 0.29) is 18.3 Å².